The van der Waals surface area contributed by atoms with Crippen molar-refractivity contribution in [2.75, 3.05) is 36.4 Å². The lowest BCUT2D eigenvalue weighted by atomic mass is 10.2. The first-order valence-electron chi connectivity index (χ1n) is 9.28. The summed E-state index contributed by atoms with van der Waals surface area (Å²) >= 11 is 0. The van der Waals surface area contributed by atoms with Crippen molar-refractivity contribution in [3.05, 3.63) is 55.1 Å². The van der Waals surface area contributed by atoms with E-state index >= 15 is 0 Å². The van der Waals surface area contributed by atoms with Gasteiger partial charge in [-0.15, -0.1) is 0 Å². The van der Waals surface area contributed by atoms with E-state index in [2.05, 4.69) is 30.5 Å². The first-order chi connectivity index (χ1) is 14.3. The Morgan fingerprint density at radius 1 is 1.14 bits per heavy atom. The molecule has 9 heteroatoms. The van der Waals surface area contributed by atoms with E-state index in [9.17, 15) is 4.79 Å². The molecule has 1 aromatic carbocycles. The van der Waals surface area contributed by atoms with E-state index in [0.717, 1.165) is 37.4 Å². The van der Waals surface area contributed by atoms with Crippen LogP contribution in [0, 0.1) is 0 Å². The fourth-order valence-corrected chi connectivity index (χ4v) is 3.36. The van der Waals surface area contributed by atoms with Crippen molar-refractivity contribution in [1.82, 2.24) is 20.3 Å². The van der Waals surface area contributed by atoms with Gasteiger partial charge in [0.2, 0.25) is 0 Å². The summed E-state index contributed by atoms with van der Waals surface area (Å²) in [6.45, 7) is 3.52. The number of nitrogens with one attached hydrogen (secondary N) is 2. The molecular formula is C20H18N6O3. The van der Waals surface area contributed by atoms with Crippen LogP contribution in [0.5, 0.6) is 0 Å². The standard InChI is InChI=1S/C20H18N6O3/c27-19(25-15-10-22-4-3-16(15)26-7-5-21-6-8-26)20-23-11-18(29-20)13-1-2-17-14(9-13)24-12-28-17/h1-4,9-12,21H,5-8H2,(H,25,27). The van der Waals surface area contributed by atoms with Crippen molar-refractivity contribution in [3.63, 3.8) is 0 Å². The molecule has 1 aliphatic rings. The molecule has 146 valence electrons. The van der Waals surface area contributed by atoms with E-state index in [1.54, 1.807) is 18.5 Å². The average Bonchev–Trinajstić information content (AvgIpc) is 3.44. The minimum atomic E-state index is -0.428. The van der Waals surface area contributed by atoms with Gasteiger partial charge in [-0.2, -0.15) is 0 Å². The number of fused-ring (bicyclic) bond motifs is 1. The highest BCUT2D eigenvalue weighted by Gasteiger charge is 2.19. The van der Waals surface area contributed by atoms with E-state index in [1.807, 2.05) is 18.2 Å². The van der Waals surface area contributed by atoms with Crippen LogP contribution in [0.1, 0.15) is 10.7 Å². The zero-order chi connectivity index (χ0) is 19.6. The van der Waals surface area contributed by atoms with Crippen LogP contribution in [-0.4, -0.2) is 47.0 Å². The summed E-state index contributed by atoms with van der Waals surface area (Å²) in [5.74, 6) is 0.0343. The Morgan fingerprint density at radius 2 is 2.03 bits per heavy atom. The van der Waals surface area contributed by atoms with Crippen molar-refractivity contribution >= 4 is 28.4 Å². The Bertz CT molecular complexity index is 1160. The summed E-state index contributed by atoms with van der Waals surface area (Å²) in [7, 11) is 0. The SMILES string of the molecule is O=C(Nc1cnccc1N1CCNCC1)c1ncc(-c2ccc3ocnc3c2)o1. The number of pyridine rings is 1. The molecule has 1 saturated heterocycles. The molecule has 0 bridgehead atoms. The minimum absolute atomic E-state index is 0.0182. The Kier molecular flexibility index (Phi) is 4.41. The monoisotopic (exact) mass is 390 g/mol. The van der Waals surface area contributed by atoms with Crippen molar-refractivity contribution in [3.8, 4) is 11.3 Å². The van der Waals surface area contributed by atoms with Crippen molar-refractivity contribution < 1.29 is 13.6 Å². The molecular weight excluding hydrogens is 372 g/mol. The van der Waals surface area contributed by atoms with Crippen molar-refractivity contribution in [1.29, 1.82) is 0 Å². The van der Waals surface area contributed by atoms with Crippen LogP contribution in [0.3, 0.4) is 0 Å². The molecule has 1 amide bonds. The summed E-state index contributed by atoms with van der Waals surface area (Å²) < 4.78 is 10.9. The lowest BCUT2D eigenvalue weighted by molar-refractivity contribution is 0.0991. The van der Waals surface area contributed by atoms with Gasteiger partial charge in [0.1, 0.15) is 5.52 Å². The fraction of sp³-hybridized carbons (Fsp3) is 0.200. The molecule has 0 spiro atoms. The lowest BCUT2D eigenvalue weighted by Gasteiger charge is -2.30. The van der Waals surface area contributed by atoms with Gasteiger partial charge in [0.05, 0.1) is 23.8 Å². The van der Waals surface area contributed by atoms with E-state index in [-0.39, 0.29) is 5.89 Å². The van der Waals surface area contributed by atoms with Gasteiger partial charge < -0.3 is 24.4 Å². The maximum absolute atomic E-state index is 12.7. The number of nitrogens with zero attached hydrogens (tertiary/aromatic N) is 4. The van der Waals surface area contributed by atoms with E-state index < -0.39 is 5.91 Å². The number of piperazine rings is 1. The van der Waals surface area contributed by atoms with Gasteiger partial charge in [-0.3, -0.25) is 9.78 Å². The second kappa shape index (κ2) is 7.36. The number of rotatable bonds is 4. The zero-order valence-corrected chi connectivity index (χ0v) is 15.5. The van der Waals surface area contributed by atoms with E-state index in [0.29, 0.717) is 22.5 Å². The van der Waals surface area contributed by atoms with Crippen molar-refractivity contribution in [2.24, 2.45) is 0 Å². The van der Waals surface area contributed by atoms with E-state index in [1.165, 1.54) is 12.6 Å². The highest BCUT2D eigenvalue weighted by atomic mass is 16.4. The molecule has 3 aromatic heterocycles. The number of anilines is 2. The number of carbonyl (C=O) groups is 1. The normalized spacial score (nSPS) is 14.3. The number of hydrogen-bond acceptors (Lipinski definition) is 8. The number of amides is 1. The van der Waals surface area contributed by atoms with Gasteiger partial charge >= 0.3 is 5.91 Å². The maximum Gasteiger partial charge on any atom is 0.311 e. The quantitative estimate of drug-likeness (QED) is 0.547. The van der Waals surface area contributed by atoms with Crippen LogP contribution in [0.2, 0.25) is 0 Å². The summed E-state index contributed by atoms with van der Waals surface area (Å²) in [5, 5.41) is 6.19. The Morgan fingerprint density at radius 3 is 2.93 bits per heavy atom. The second-order valence-electron chi connectivity index (χ2n) is 6.65. The predicted molar refractivity (Wildman–Crippen MR) is 107 cm³/mol. The zero-order valence-electron chi connectivity index (χ0n) is 15.5. The Hall–Kier alpha value is -3.72. The van der Waals surface area contributed by atoms with Crippen molar-refractivity contribution in [2.45, 2.75) is 0 Å². The largest absolute Gasteiger partial charge is 0.443 e. The molecule has 5 rings (SSSR count). The summed E-state index contributed by atoms with van der Waals surface area (Å²) in [4.78, 5) is 27.3. The predicted octanol–water partition coefficient (Wildman–Crippen LogP) is 2.54. The van der Waals surface area contributed by atoms with Gasteiger partial charge in [0.15, 0.2) is 17.7 Å². The molecule has 0 atom stereocenters. The first kappa shape index (κ1) is 17.4. The maximum atomic E-state index is 12.7. The first-order valence-corrected chi connectivity index (χ1v) is 9.28. The van der Waals surface area contributed by atoms with Gasteiger partial charge in [-0.1, -0.05) is 0 Å². The molecule has 0 saturated carbocycles. The fourth-order valence-electron chi connectivity index (χ4n) is 3.36. The molecule has 1 fully saturated rings. The topological polar surface area (TPSA) is 109 Å². The second-order valence-corrected chi connectivity index (χ2v) is 6.65. The van der Waals surface area contributed by atoms with Gasteiger partial charge in [-0.25, -0.2) is 9.97 Å². The highest BCUT2D eigenvalue weighted by Crippen LogP contribution is 2.27. The van der Waals surface area contributed by atoms with E-state index in [4.69, 9.17) is 8.83 Å². The highest BCUT2D eigenvalue weighted by molar-refractivity contribution is 6.03. The third-order valence-corrected chi connectivity index (χ3v) is 4.82. The molecule has 0 radical (unpaired) electrons. The molecule has 1 aliphatic heterocycles. The summed E-state index contributed by atoms with van der Waals surface area (Å²) in [5.41, 5.74) is 3.71. The van der Waals surface area contributed by atoms with Crippen LogP contribution in [-0.2, 0) is 0 Å². The molecule has 4 aromatic rings. The summed E-state index contributed by atoms with van der Waals surface area (Å²) in [6.07, 6.45) is 6.27. The van der Waals surface area contributed by atoms with Crippen LogP contribution in [0.4, 0.5) is 11.4 Å². The third-order valence-electron chi connectivity index (χ3n) is 4.82. The summed E-state index contributed by atoms with van der Waals surface area (Å²) in [6, 6.07) is 7.36. The van der Waals surface area contributed by atoms with Gasteiger partial charge in [-0.05, 0) is 24.3 Å². The number of hydrogen-bond donors (Lipinski definition) is 2. The number of aromatic nitrogens is 3. The van der Waals surface area contributed by atoms with Crippen LogP contribution in [0.25, 0.3) is 22.4 Å². The number of oxazole rings is 2. The molecule has 29 heavy (non-hydrogen) atoms. The molecule has 0 aliphatic carbocycles. The number of benzene rings is 1. The Labute approximate surface area is 165 Å². The smallest absolute Gasteiger partial charge is 0.311 e. The molecule has 0 unspecified atom stereocenters. The number of carbonyl (C=O) groups excluding carboxylic acids is 1. The minimum Gasteiger partial charge on any atom is -0.443 e. The molecule has 2 N–H and O–H groups in total. The van der Waals surface area contributed by atoms with Crippen LogP contribution >= 0.6 is 0 Å². The average molecular weight is 390 g/mol. The van der Waals surface area contributed by atoms with Gasteiger partial charge in [0.25, 0.3) is 5.89 Å². The third kappa shape index (κ3) is 3.43. The molecule has 9 nitrogen and oxygen atoms in total. The van der Waals surface area contributed by atoms with Gasteiger partial charge in [0, 0.05) is 37.9 Å². The van der Waals surface area contributed by atoms with Crippen LogP contribution in [0.15, 0.2) is 58.1 Å². The van der Waals surface area contributed by atoms with Crippen LogP contribution < -0.4 is 15.5 Å². The molecule has 4 heterocycles. The Balaban J connectivity index is 1.37. The lowest BCUT2D eigenvalue weighted by Crippen LogP contribution is -2.43.